The summed E-state index contributed by atoms with van der Waals surface area (Å²) in [6, 6.07) is 0. The van der Waals surface area contributed by atoms with Crippen LogP contribution in [0, 0.1) is 0 Å². The molecule has 0 atom stereocenters. The van der Waals surface area contributed by atoms with E-state index < -0.39 is 5.97 Å². The van der Waals surface area contributed by atoms with Crippen LogP contribution < -0.4 is 0 Å². The van der Waals surface area contributed by atoms with E-state index in [2.05, 4.69) is 0 Å². The molecule has 0 aromatic carbocycles. The number of hydrogen-bond donors (Lipinski definition) is 4. The SMILES string of the molecule is O=C(O)CCC[N+](CCO)(CCO)CCO. The minimum Gasteiger partial charge on any atom is -0.481 e. The summed E-state index contributed by atoms with van der Waals surface area (Å²) >= 11 is 0. The molecule has 96 valence electrons. The Kier molecular flexibility index (Phi) is 8.10. The molecular formula is C10H22NO5+. The molecule has 0 spiro atoms. The summed E-state index contributed by atoms with van der Waals surface area (Å²) in [6.07, 6.45) is 0.553. The first-order valence-corrected chi connectivity index (χ1v) is 5.49. The molecule has 4 N–H and O–H groups in total. The van der Waals surface area contributed by atoms with Gasteiger partial charge in [0.2, 0.25) is 0 Å². The lowest BCUT2D eigenvalue weighted by Gasteiger charge is -2.37. The van der Waals surface area contributed by atoms with Crippen molar-refractivity contribution >= 4 is 5.97 Å². The molecular weight excluding hydrogens is 214 g/mol. The van der Waals surface area contributed by atoms with Gasteiger partial charge in [0, 0.05) is 6.42 Å². The molecule has 0 aliphatic heterocycles. The number of nitrogens with zero attached hydrogens (tertiary/aromatic N) is 1. The van der Waals surface area contributed by atoms with E-state index in [9.17, 15) is 4.79 Å². The first-order valence-electron chi connectivity index (χ1n) is 5.49. The Labute approximate surface area is 95.3 Å². The summed E-state index contributed by atoms with van der Waals surface area (Å²) in [5.41, 5.74) is 0. The highest BCUT2D eigenvalue weighted by molar-refractivity contribution is 5.66. The van der Waals surface area contributed by atoms with E-state index in [4.69, 9.17) is 20.4 Å². The third kappa shape index (κ3) is 6.02. The molecule has 0 heterocycles. The summed E-state index contributed by atoms with van der Waals surface area (Å²) in [5.74, 6) is -0.852. The van der Waals surface area contributed by atoms with Crippen LogP contribution in [0.2, 0.25) is 0 Å². The molecule has 6 heteroatoms. The predicted molar refractivity (Wildman–Crippen MR) is 57.9 cm³/mol. The smallest absolute Gasteiger partial charge is 0.303 e. The van der Waals surface area contributed by atoms with Gasteiger partial charge in [-0.25, -0.2) is 0 Å². The Morgan fingerprint density at radius 1 is 0.875 bits per heavy atom. The Balaban J connectivity index is 4.28. The largest absolute Gasteiger partial charge is 0.481 e. The number of aliphatic hydroxyl groups excluding tert-OH is 3. The Morgan fingerprint density at radius 2 is 1.31 bits per heavy atom. The topological polar surface area (TPSA) is 98.0 Å². The number of quaternary nitrogens is 1. The second kappa shape index (κ2) is 8.46. The molecule has 0 aromatic rings. The fourth-order valence-corrected chi connectivity index (χ4v) is 1.87. The molecule has 16 heavy (non-hydrogen) atoms. The van der Waals surface area contributed by atoms with Crippen molar-refractivity contribution in [2.45, 2.75) is 12.8 Å². The Hall–Kier alpha value is -0.690. The molecule has 0 rings (SSSR count). The number of carbonyl (C=O) groups is 1. The zero-order valence-electron chi connectivity index (χ0n) is 9.51. The third-order valence-electron chi connectivity index (χ3n) is 2.75. The maximum Gasteiger partial charge on any atom is 0.303 e. The van der Waals surface area contributed by atoms with Crippen LogP contribution in [-0.2, 0) is 4.79 Å². The predicted octanol–water partition coefficient (Wildman–Crippen LogP) is -1.36. The molecule has 0 aromatic heterocycles. The molecule has 6 nitrogen and oxygen atoms in total. The lowest BCUT2D eigenvalue weighted by molar-refractivity contribution is -0.929. The molecule has 0 saturated carbocycles. The zero-order valence-corrected chi connectivity index (χ0v) is 9.51. The minimum atomic E-state index is -0.852. The fourth-order valence-electron chi connectivity index (χ4n) is 1.87. The highest BCUT2D eigenvalue weighted by Crippen LogP contribution is 2.08. The number of carboxylic acid groups (broad SMARTS) is 1. The Bertz CT molecular complexity index is 181. The fraction of sp³-hybridized carbons (Fsp3) is 0.900. The summed E-state index contributed by atoms with van der Waals surface area (Å²) in [5, 5.41) is 35.5. The van der Waals surface area contributed by atoms with Crippen LogP contribution in [0.5, 0.6) is 0 Å². The monoisotopic (exact) mass is 236 g/mol. The number of hydrogen-bond acceptors (Lipinski definition) is 4. The van der Waals surface area contributed by atoms with Crippen LogP contribution in [-0.4, -0.2) is 76.9 Å². The molecule has 0 radical (unpaired) electrons. The molecule has 0 aliphatic carbocycles. The van der Waals surface area contributed by atoms with Gasteiger partial charge in [-0.1, -0.05) is 0 Å². The van der Waals surface area contributed by atoms with Crippen molar-refractivity contribution in [3.63, 3.8) is 0 Å². The van der Waals surface area contributed by atoms with Gasteiger partial charge < -0.3 is 24.9 Å². The average Bonchev–Trinajstić information content (AvgIpc) is 2.18. The van der Waals surface area contributed by atoms with Crippen LogP contribution in [0.1, 0.15) is 12.8 Å². The van der Waals surface area contributed by atoms with E-state index in [1.54, 1.807) is 0 Å². The van der Waals surface area contributed by atoms with Gasteiger partial charge in [-0.3, -0.25) is 4.79 Å². The van der Waals surface area contributed by atoms with E-state index in [1.807, 2.05) is 0 Å². The normalized spacial score (nSPS) is 11.7. The van der Waals surface area contributed by atoms with Gasteiger partial charge in [-0.15, -0.1) is 0 Å². The minimum absolute atomic E-state index is 0.0347. The maximum absolute atomic E-state index is 10.4. The van der Waals surface area contributed by atoms with Crippen molar-refractivity contribution in [1.29, 1.82) is 0 Å². The Morgan fingerprint density at radius 3 is 1.62 bits per heavy atom. The quantitative estimate of drug-likeness (QED) is 0.351. The molecule has 0 saturated heterocycles. The first kappa shape index (κ1) is 15.3. The van der Waals surface area contributed by atoms with Crippen molar-refractivity contribution < 1.29 is 29.7 Å². The van der Waals surface area contributed by atoms with Gasteiger partial charge >= 0.3 is 5.97 Å². The number of carboxylic acids is 1. The highest BCUT2D eigenvalue weighted by atomic mass is 16.4. The summed E-state index contributed by atoms with van der Waals surface area (Å²) < 4.78 is 0.372. The van der Waals surface area contributed by atoms with Crippen LogP contribution in [0.3, 0.4) is 0 Å². The summed E-state index contributed by atoms with van der Waals surface area (Å²) in [7, 11) is 0. The van der Waals surface area contributed by atoms with Gasteiger partial charge in [-0.2, -0.15) is 0 Å². The molecule has 0 fully saturated rings. The molecule has 0 unspecified atom stereocenters. The molecule has 0 amide bonds. The number of aliphatic carboxylic acids is 1. The van der Waals surface area contributed by atoms with Gasteiger partial charge in [0.25, 0.3) is 0 Å². The third-order valence-corrected chi connectivity index (χ3v) is 2.75. The summed E-state index contributed by atoms with van der Waals surface area (Å²) in [6.45, 7) is 1.74. The van der Waals surface area contributed by atoms with E-state index in [1.165, 1.54) is 0 Å². The summed E-state index contributed by atoms with van der Waals surface area (Å²) in [4.78, 5) is 10.4. The van der Waals surface area contributed by atoms with Crippen molar-refractivity contribution in [1.82, 2.24) is 0 Å². The van der Waals surface area contributed by atoms with E-state index in [0.717, 1.165) is 0 Å². The first-order chi connectivity index (χ1) is 7.60. The second-order valence-corrected chi connectivity index (χ2v) is 3.90. The van der Waals surface area contributed by atoms with Gasteiger partial charge in [0.1, 0.15) is 19.6 Å². The van der Waals surface area contributed by atoms with Gasteiger partial charge in [-0.05, 0) is 0 Å². The highest BCUT2D eigenvalue weighted by Gasteiger charge is 2.25. The van der Waals surface area contributed by atoms with Gasteiger partial charge in [0.05, 0.1) is 32.8 Å². The van der Waals surface area contributed by atoms with E-state index >= 15 is 0 Å². The van der Waals surface area contributed by atoms with Crippen LogP contribution >= 0.6 is 0 Å². The zero-order chi connectivity index (χ0) is 12.4. The second-order valence-electron chi connectivity index (χ2n) is 3.90. The lowest BCUT2D eigenvalue weighted by Crippen LogP contribution is -2.53. The molecule has 0 bridgehead atoms. The van der Waals surface area contributed by atoms with Crippen LogP contribution in [0.25, 0.3) is 0 Å². The van der Waals surface area contributed by atoms with Crippen LogP contribution in [0.4, 0.5) is 0 Å². The number of aliphatic hydroxyl groups is 3. The van der Waals surface area contributed by atoms with Crippen molar-refractivity contribution in [2.75, 3.05) is 46.0 Å². The van der Waals surface area contributed by atoms with Crippen LogP contribution in [0.15, 0.2) is 0 Å². The number of rotatable bonds is 10. The van der Waals surface area contributed by atoms with Crippen molar-refractivity contribution in [3.8, 4) is 0 Å². The van der Waals surface area contributed by atoms with Crippen molar-refractivity contribution in [3.05, 3.63) is 0 Å². The van der Waals surface area contributed by atoms with Gasteiger partial charge in [0.15, 0.2) is 0 Å². The standard InChI is InChI=1S/C10H21NO5/c12-7-4-11(5-8-13,6-9-14)3-1-2-10(15)16/h12-14H,1-9H2/p+1. The lowest BCUT2D eigenvalue weighted by atomic mass is 10.2. The van der Waals surface area contributed by atoms with E-state index in [-0.39, 0.29) is 26.2 Å². The van der Waals surface area contributed by atoms with Crippen molar-refractivity contribution in [2.24, 2.45) is 0 Å². The molecule has 0 aliphatic rings. The average molecular weight is 236 g/mol. The van der Waals surface area contributed by atoms with E-state index in [0.29, 0.717) is 37.1 Å². The maximum atomic E-state index is 10.4.